The van der Waals surface area contributed by atoms with E-state index in [2.05, 4.69) is 0 Å². The number of hydrogen-bond donors (Lipinski definition) is 1. The summed E-state index contributed by atoms with van der Waals surface area (Å²) in [6.45, 7) is 1.78. The second-order valence-corrected chi connectivity index (χ2v) is 2.12. The van der Waals surface area contributed by atoms with E-state index >= 15 is 0 Å². The number of hydrogen-bond acceptors (Lipinski definition) is 1. The number of carboxylic acids is 1. The summed E-state index contributed by atoms with van der Waals surface area (Å²) in [6.07, 6.45) is 0. The van der Waals surface area contributed by atoms with Gasteiger partial charge in [-0.25, -0.2) is 4.79 Å². The van der Waals surface area contributed by atoms with E-state index in [9.17, 15) is 4.79 Å². The lowest BCUT2D eigenvalue weighted by Crippen LogP contribution is -1.97. The molecule has 1 aromatic rings. The first kappa shape index (κ1) is 10.2. The number of aromatic carboxylic acids is 1. The Labute approximate surface area is 76.0 Å². The lowest BCUT2D eigenvalue weighted by atomic mass is 10.1. The van der Waals surface area contributed by atoms with E-state index in [0.717, 1.165) is 5.56 Å². The third-order valence-electron chi connectivity index (χ3n) is 1.38. The zero-order chi connectivity index (χ0) is 7.56. The van der Waals surface area contributed by atoms with Gasteiger partial charge in [0.2, 0.25) is 0 Å². The Morgan fingerprint density at radius 3 is 2.27 bits per heavy atom. The molecule has 0 saturated carbocycles. The fraction of sp³-hybridized carbons (Fsp3) is 0.125. The highest BCUT2D eigenvalue weighted by molar-refractivity contribution is 5.89. The van der Waals surface area contributed by atoms with Gasteiger partial charge in [-0.1, -0.05) is 18.2 Å². The van der Waals surface area contributed by atoms with Gasteiger partial charge in [-0.3, -0.25) is 0 Å². The van der Waals surface area contributed by atoms with E-state index in [4.69, 9.17) is 5.11 Å². The average Bonchev–Trinajstić information content (AvgIpc) is 1.88. The zero-order valence-electron chi connectivity index (χ0n) is 5.66. The van der Waals surface area contributed by atoms with E-state index in [1.165, 1.54) is 0 Å². The first-order valence-electron chi connectivity index (χ1n) is 3.01. The van der Waals surface area contributed by atoms with Crippen LogP contribution in [0.2, 0.25) is 0 Å². The van der Waals surface area contributed by atoms with Crippen molar-refractivity contribution < 1.29 is 9.90 Å². The van der Waals surface area contributed by atoms with Crippen molar-refractivity contribution in [1.82, 2.24) is 0 Å². The average molecular weight is 166 g/mol. The molecule has 0 aliphatic carbocycles. The van der Waals surface area contributed by atoms with Crippen LogP contribution < -0.4 is 0 Å². The van der Waals surface area contributed by atoms with Crippen LogP contribution in [0, 0.1) is 6.92 Å². The fourth-order valence-corrected chi connectivity index (χ4v) is 0.813. The molecular weight excluding hydrogens is 155 g/mol. The molecule has 0 amide bonds. The minimum absolute atomic E-state index is 0. The van der Waals surface area contributed by atoms with E-state index < -0.39 is 5.97 Å². The Bertz CT molecular complexity index is 258. The lowest BCUT2D eigenvalue weighted by molar-refractivity contribution is 0.0696. The number of carboxylic acid groups (broad SMARTS) is 1. The first-order valence-corrected chi connectivity index (χ1v) is 3.01. The molecule has 1 N–H and O–H groups in total. The van der Waals surface area contributed by atoms with Gasteiger partial charge < -0.3 is 5.11 Å². The Morgan fingerprint density at radius 2 is 1.91 bits per heavy atom. The molecule has 58 valence electrons. The maximum Gasteiger partial charge on any atom is 0.335 e. The van der Waals surface area contributed by atoms with Crippen LogP contribution >= 0.6 is 0 Å². The lowest BCUT2D eigenvalue weighted by Gasteiger charge is -1.96. The predicted octanol–water partition coefficient (Wildman–Crippen LogP) is 0.509. The van der Waals surface area contributed by atoms with E-state index in [1.54, 1.807) is 25.1 Å². The SMILES string of the molecule is Cc1ccccc1C(=O)O.[AlH3]. The van der Waals surface area contributed by atoms with Crippen molar-refractivity contribution in [1.29, 1.82) is 0 Å². The summed E-state index contributed by atoms with van der Waals surface area (Å²) in [7, 11) is 0. The Hall–Kier alpha value is -0.778. The molecule has 0 spiro atoms. The molecule has 0 bridgehead atoms. The van der Waals surface area contributed by atoms with Gasteiger partial charge in [0.25, 0.3) is 0 Å². The second kappa shape index (κ2) is 4.17. The summed E-state index contributed by atoms with van der Waals surface area (Å²) in [5, 5.41) is 8.57. The Morgan fingerprint density at radius 1 is 1.36 bits per heavy atom. The van der Waals surface area contributed by atoms with Gasteiger partial charge in [0.15, 0.2) is 17.4 Å². The molecule has 0 atom stereocenters. The zero-order valence-corrected chi connectivity index (χ0v) is 5.66. The van der Waals surface area contributed by atoms with Crippen molar-refractivity contribution in [3.05, 3.63) is 35.4 Å². The molecule has 0 aromatic heterocycles. The van der Waals surface area contributed by atoms with Gasteiger partial charge in [-0.2, -0.15) is 0 Å². The molecule has 0 saturated heterocycles. The topological polar surface area (TPSA) is 37.3 Å². The minimum Gasteiger partial charge on any atom is -0.478 e. The molecule has 0 aliphatic heterocycles. The molecule has 0 heterocycles. The summed E-state index contributed by atoms with van der Waals surface area (Å²) in [4.78, 5) is 10.4. The number of benzene rings is 1. The van der Waals surface area contributed by atoms with Crippen LogP contribution in [-0.4, -0.2) is 28.4 Å². The monoisotopic (exact) mass is 166 g/mol. The maximum atomic E-state index is 10.4. The molecule has 0 fully saturated rings. The molecular formula is C8H11AlO2. The van der Waals surface area contributed by atoms with E-state index in [0.29, 0.717) is 5.56 Å². The Kier molecular flexibility index (Phi) is 3.88. The molecule has 0 radical (unpaired) electrons. The largest absolute Gasteiger partial charge is 0.478 e. The Balaban J connectivity index is 0.000001000. The van der Waals surface area contributed by atoms with Crippen molar-refractivity contribution in [3.63, 3.8) is 0 Å². The third-order valence-corrected chi connectivity index (χ3v) is 1.38. The van der Waals surface area contributed by atoms with Crippen molar-refractivity contribution in [3.8, 4) is 0 Å². The number of rotatable bonds is 1. The quantitative estimate of drug-likeness (QED) is 0.617. The molecule has 1 rings (SSSR count). The van der Waals surface area contributed by atoms with Crippen molar-refractivity contribution in [2.75, 3.05) is 0 Å². The summed E-state index contributed by atoms with van der Waals surface area (Å²) in [5.74, 6) is -0.863. The van der Waals surface area contributed by atoms with Gasteiger partial charge in [-0.15, -0.1) is 0 Å². The van der Waals surface area contributed by atoms with Crippen molar-refractivity contribution >= 4 is 23.3 Å². The van der Waals surface area contributed by atoms with Crippen LogP contribution in [0.3, 0.4) is 0 Å². The second-order valence-electron chi connectivity index (χ2n) is 2.12. The summed E-state index contributed by atoms with van der Waals surface area (Å²) >= 11 is 0. The van der Waals surface area contributed by atoms with Crippen LogP contribution in [0.25, 0.3) is 0 Å². The number of aryl methyl sites for hydroxylation is 1. The summed E-state index contributed by atoms with van der Waals surface area (Å²) in [5.41, 5.74) is 1.18. The summed E-state index contributed by atoms with van der Waals surface area (Å²) < 4.78 is 0. The van der Waals surface area contributed by atoms with Crippen LogP contribution in [-0.2, 0) is 0 Å². The number of carbonyl (C=O) groups is 1. The van der Waals surface area contributed by atoms with Crippen molar-refractivity contribution in [2.45, 2.75) is 6.92 Å². The van der Waals surface area contributed by atoms with Crippen LogP contribution in [0.5, 0.6) is 0 Å². The molecule has 3 heteroatoms. The maximum absolute atomic E-state index is 10.4. The van der Waals surface area contributed by atoms with Gasteiger partial charge in [0.1, 0.15) is 0 Å². The van der Waals surface area contributed by atoms with Crippen LogP contribution in [0.4, 0.5) is 0 Å². The highest BCUT2D eigenvalue weighted by atomic mass is 27.0. The third kappa shape index (κ3) is 2.38. The van der Waals surface area contributed by atoms with Gasteiger partial charge in [0, 0.05) is 0 Å². The molecule has 2 nitrogen and oxygen atoms in total. The summed E-state index contributed by atoms with van der Waals surface area (Å²) in [6, 6.07) is 6.92. The van der Waals surface area contributed by atoms with Gasteiger partial charge >= 0.3 is 5.97 Å². The predicted molar refractivity (Wildman–Crippen MR) is 48.1 cm³/mol. The van der Waals surface area contributed by atoms with Gasteiger partial charge in [0.05, 0.1) is 5.56 Å². The van der Waals surface area contributed by atoms with Gasteiger partial charge in [-0.05, 0) is 18.6 Å². The molecule has 1 aromatic carbocycles. The highest BCUT2D eigenvalue weighted by Gasteiger charge is 2.02. The van der Waals surface area contributed by atoms with Crippen LogP contribution in [0.15, 0.2) is 24.3 Å². The normalized spacial score (nSPS) is 8.45. The standard InChI is InChI=1S/C8H8O2.Al.3H/c1-6-4-2-3-5-7(6)8(9)10;;;;/h2-5H,1H3,(H,9,10);;;;. The molecule has 0 aliphatic rings. The minimum atomic E-state index is -0.863. The molecule has 11 heavy (non-hydrogen) atoms. The van der Waals surface area contributed by atoms with Crippen LogP contribution in [0.1, 0.15) is 15.9 Å². The van der Waals surface area contributed by atoms with E-state index in [-0.39, 0.29) is 17.4 Å². The van der Waals surface area contributed by atoms with Crippen molar-refractivity contribution in [2.24, 2.45) is 0 Å². The first-order chi connectivity index (χ1) is 4.72. The fourth-order valence-electron chi connectivity index (χ4n) is 0.813. The molecule has 0 unspecified atom stereocenters. The highest BCUT2D eigenvalue weighted by Crippen LogP contribution is 2.05. The van der Waals surface area contributed by atoms with E-state index in [1.807, 2.05) is 6.07 Å². The smallest absolute Gasteiger partial charge is 0.335 e.